The van der Waals surface area contributed by atoms with Crippen LogP contribution in [-0.2, 0) is 6.42 Å². The van der Waals surface area contributed by atoms with Crippen LogP contribution >= 0.6 is 11.3 Å². The van der Waals surface area contributed by atoms with Crippen LogP contribution < -0.4 is 16.8 Å². The minimum absolute atomic E-state index is 0.0307. The molecule has 1 aliphatic heterocycles. The quantitative estimate of drug-likeness (QED) is 0.386. The predicted molar refractivity (Wildman–Crippen MR) is 134 cm³/mol. The summed E-state index contributed by atoms with van der Waals surface area (Å²) in [4.78, 5) is 35.0. The van der Waals surface area contributed by atoms with E-state index >= 15 is 0 Å². The molecule has 174 valence electrons. The third-order valence-corrected chi connectivity index (χ3v) is 6.73. The lowest BCUT2D eigenvalue weighted by atomic mass is 9.90. The van der Waals surface area contributed by atoms with Crippen LogP contribution in [0.5, 0.6) is 0 Å². The molecule has 1 aliphatic rings. The van der Waals surface area contributed by atoms with Crippen LogP contribution in [-0.4, -0.2) is 48.2 Å². The molecule has 1 saturated heterocycles. The molecule has 0 atom stereocenters. The number of hydrogen-bond acceptors (Lipinski definition) is 7. The van der Waals surface area contributed by atoms with E-state index in [2.05, 4.69) is 26.9 Å². The van der Waals surface area contributed by atoms with E-state index in [1.165, 1.54) is 23.1 Å². The van der Waals surface area contributed by atoms with Gasteiger partial charge in [0.1, 0.15) is 10.0 Å². The number of aromatic nitrogens is 1. The Bertz CT molecular complexity index is 1050. The Labute approximate surface area is 198 Å². The first-order chi connectivity index (χ1) is 15.9. The summed E-state index contributed by atoms with van der Waals surface area (Å²) in [5.41, 5.74) is 13.7. The lowest BCUT2D eigenvalue weighted by molar-refractivity contribution is 0.0997. The van der Waals surface area contributed by atoms with Crippen LogP contribution in [0.15, 0.2) is 47.6 Å². The Kier molecular flexibility index (Phi) is 8.65. The number of nitrogens with two attached hydrogens (primary N) is 2. The first-order valence-electron chi connectivity index (χ1n) is 10.9. The summed E-state index contributed by atoms with van der Waals surface area (Å²) in [6.07, 6.45) is 8.34. The fourth-order valence-electron chi connectivity index (χ4n) is 3.79. The van der Waals surface area contributed by atoms with Gasteiger partial charge in [-0.25, -0.2) is 4.98 Å². The summed E-state index contributed by atoms with van der Waals surface area (Å²) in [6.45, 7) is 7.95. The van der Waals surface area contributed by atoms with E-state index in [4.69, 9.17) is 11.5 Å². The topological polar surface area (TPSA) is 127 Å². The number of anilines is 1. The van der Waals surface area contributed by atoms with E-state index in [9.17, 15) is 9.59 Å². The molecule has 0 bridgehead atoms. The van der Waals surface area contributed by atoms with Gasteiger partial charge in [-0.05, 0) is 75.7 Å². The van der Waals surface area contributed by atoms with E-state index in [-0.39, 0.29) is 11.6 Å². The fourth-order valence-corrected chi connectivity index (χ4v) is 4.81. The van der Waals surface area contributed by atoms with Crippen molar-refractivity contribution in [3.05, 3.63) is 64.4 Å². The van der Waals surface area contributed by atoms with Gasteiger partial charge in [-0.1, -0.05) is 29.5 Å². The molecule has 0 saturated carbocycles. The second kappa shape index (κ2) is 11.6. The van der Waals surface area contributed by atoms with Crippen molar-refractivity contribution in [2.24, 2.45) is 22.4 Å². The van der Waals surface area contributed by atoms with Crippen LogP contribution in [0, 0.1) is 5.92 Å². The predicted octanol–water partition coefficient (Wildman–Crippen LogP) is 3.28. The summed E-state index contributed by atoms with van der Waals surface area (Å²) >= 11 is 1.18. The van der Waals surface area contributed by atoms with Gasteiger partial charge in [0.2, 0.25) is 0 Å². The van der Waals surface area contributed by atoms with Crippen molar-refractivity contribution < 1.29 is 9.59 Å². The lowest BCUT2D eigenvalue weighted by Crippen LogP contribution is -2.38. The molecule has 1 fully saturated rings. The number of allylic oxidation sites excluding steroid dienone is 3. The second-order valence-electron chi connectivity index (χ2n) is 7.90. The average Bonchev–Trinajstić information content (AvgIpc) is 3.24. The number of rotatable bonds is 9. The average molecular weight is 467 g/mol. The van der Waals surface area contributed by atoms with Gasteiger partial charge < -0.3 is 16.8 Å². The Morgan fingerprint density at radius 1 is 1.30 bits per heavy atom. The molecule has 2 heterocycles. The SMILES string of the molecule is C=N/C=C\C(=C/C)c1nc(C(N)=O)c(NC(=O)c2ccc(CC3CCN(CN)CC3)cc2)s1. The van der Waals surface area contributed by atoms with Gasteiger partial charge in [0, 0.05) is 24.0 Å². The first-order valence-corrected chi connectivity index (χ1v) is 11.7. The van der Waals surface area contributed by atoms with E-state index in [1.54, 1.807) is 18.2 Å². The maximum atomic E-state index is 12.8. The van der Waals surface area contributed by atoms with E-state index in [0.29, 0.717) is 28.2 Å². The van der Waals surface area contributed by atoms with Crippen molar-refractivity contribution >= 4 is 40.4 Å². The number of carbonyl (C=O) groups excluding carboxylic acids is 2. The Hall–Kier alpha value is -3.14. The molecular weight excluding hydrogens is 436 g/mol. The summed E-state index contributed by atoms with van der Waals surface area (Å²) in [5, 5.41) is 3.66. The molecule has 5 N–H and O–H groups in total. The third-order valence-electron chi connectivity index (χ3n) is 5.71. The van der Waals surface area contributed by atoms with Crippen molar-refractivity contribution in [1.82, 2.24) is 9.88 Å². The molecule has 0 unspecified atom stereocenters. The van der Waals surface area contributed by atoms with Gasteiger partial charge >= 0.3 is 0 Å². The van der Waals surface area contributed by atoms with Crippen LogP contribution in [0.2, 0.25) is 0 Å². The molecule has 2 amide bonds. The largest absolute Gasteiger partial charge is 0.364 e. The number of hydrogen-bond donors (Lipinski definition) is 3. The Balaban J connectivity index is 1.69. The minimum Gasteiger partial charge on any atom is -0.364 e. The molecule has 8 nitrogen and oxygen atoms in total. The number of likely N-dealkylation sites (tertiary alicyclic amines) is 1. The zero-order valence-corrected chi connectivity index (χ0v) is 19.6. The van der Waals surface area contributed by atoms with Crippen LogP contribution in [0.4, 0.5) is 5.00 Å². The van der Waals surface area contributed by atoms with Crippen LogP contribution in [0.3, 0.4) is 0 Å². The fraction of sp³-hybridized carbons (Fsp3) is 0.333. The van der Waals surface area contributed by atoms with Gasteiger partial charge in [-0.2, -0.15) is 0 Å². The number of amides is 2. The number of benzene rings is 1. The lowest BCUT2D eigenvalue weighted by Gasteiger charge is -2.30. The van der Waals surface area contributed by atoms with Gasteiger partial charge in [-0.3, -0.25) is 19.5 Å². The molecule has 3 rings (SSSR count). The maximum Gasteiger partial charge on any atom is 0.270 e. The number of primary amides is 1. The second-order valence-corrected chi connectivity index (χ2v) is 8.90. The zero-order valence-electron chi connectivity index (χ0n) is 18.8. The number of thiazole rings is 1. The molecule has 9 heteroatoms. The van der Waals surface area contributed by atoms with Crippen LogP contribution in [0.1, 0.15) is 51.2 Å². The molecule has 1 aromatic heterocycles. The van der Waals surface area contributed by atoms with Gasteiger partial charge in [0.15, 0.2) is 5.69 Å². The molecular formula is C24H30N6O2S. The number of carbonyl (C=O) groups is 2. The number of piperidine rings is 1. The highest BCUT2D eigenvalue weighted by Gasteiger charge is 2.21. The van der Waals surface area contributed by atoms with Crippen molar-refractivity contribution in [3.63, 3.8) is 0 Å². The monoisotopic (exact) mass is 466 g/mol. The van der Waals surface area contributed by atoms with Crippen molar-refractivity contribution in [3.8, 4) is 0 Å². The number of nitrogens with one attached hydrogen (secondary N) is 1. The zero-order chi connectivity index (χ0) is 23.8. The maximum absolute atomic E-state index is 12.8. The number of nitrogens with zero attached hydrogens (tertiary/aromatic N) is 3. The smallest absolute Gasteiger partial charge is 0.270 e. The molecule has 33 heavy (non-hydrogen) atoms. The van der Waals surface area contributed by atoms with Gasteiger partial charge in [-0.15, -0.1) is 0 Å². The highest BCUT2D eigenvalue weighted by atomic mass is 32.1. The van der Waals surface area contributed by atoms with Crippen molar-refractivity contribution in [2.45, 2.75) is 26.2 Å². The molecule has 0 spiro atoms. The van der Waals surface area contributed by atoms with Crippen molar-refractivity contribution in [1.29, 1.82) is 0 Å². The summed E-state index contributed by atoms with van der Waals surface area (Å²) in [7, 11) is 0. The standard InChI is InChI=1S/C24H30N6O2S/c1-3-18(8-11-27-2)23-28-20(21(26)31)24(33-23)29-22(32)19-6-4-16(5-7-19)14-17-9-12-30(15-25)13-10-17/h3-8,11,17H,2,9-10,12-15,25H2,1H3,(H2,26,31)(H,29,32)/b11-8-,18-3+. The van der Waals surface area contributed by atoms with Gasteiger partial charge in [0.25, 0.3) is 11.8 Å². The molecule has 0 aliphatic carbocycles. The summed E-state index contributed by atoms with van der Waals surface area (Å²) in [6, 6.07) is 7.59. The molecule has 0 radical (unpaired) electrons. The third kappa shape index (κ3) is 6.44. The normalized spacial score (nSPS) is 15.6. The Morgan fingerprint density at radius 2 is 2.00 bits per heavy atom. The molecule has 2 aromatic rings. The van der Waals surface area contributed by atoms with Crippen molar-refractivity contribution in [2.75, 3.05) is 25.1 Å². The molecule has 1 aromatic carbocycles. The highest BCUT2D eigenvalue weighted by Crippen LogP contribution is 2.30. The number of aliphatic imine (C=N–C) groups is 1. The minimum atomic E-state index is -0.704. The van der Waals surface area contributed by atoms with Crippen LogP contribution in [0.25, 0.3) is 5.57 Å². The van der Waals surface area contributed by atoms with E-state index in [0.717, 1.165) is 37.9 Å². The highest BCUT2D eigenvalue weighted by molar-refractivity contribution is 7.17. The van der Waals surface area contributed by atoms with Gasteiger partial charge in [0.05, 0.1) is 0 Å². The summed E-state index contributed by atoms with van der Waals surface area (Å²) in [5.74, 6) is -0.390. The van der Waals surface area contributed by atoms with E-state index in [1.807, 2.05) is 25.1 Å². The van der Waals surface area contributed by atoms with E-state index < -0.39 is 5.91 Å². The summed E-state index contributed by atoms with van der Waals surface area (Å²) < 4.78 is 0. The first kappa shape index (κ1) is 24.5. The Morgan fingerprint density at radius 3 is 2.58 bits per heavy atom.